The van der Waals surface area contributed by atoms with Crippen LogP contribution in [0.1, 0.15) is 31.1 Å². The summed E-state index contributed by atoms with van der Waals surface area (Å²) in [5.74, 6) is -0.396. The molecule has 0 fully saturated rings. The maximum atomic E-state index is 12.0. The molecule has 0 spiro atoms. The van der Waals surface area contributed by atoms with Crippen LogP contribution in [0.3, 0.4) is 0 Å². The smallest absolute Gasteiger partial charge is 0.310 e. The van der Waals surface area contributed by atoms with E-state index in [1.54, 1.807) is 24.3 Å². The summed E-state index contributed by atoms with van der Waals surface area (Å²) in [4.78, 5) is 22.9. The van der Waals surface area contributed by atoms with E-state index < -0.39 is 0 Å². The van der Waals surface area contributed by atoms with Crippen LogP contribution in [0.2, 0.25) is 0 Å². The molecule has 4 nitrogen and oxygen atoms in total. The second kappa shape index (κ2) is 7.41. The van der Waals surface area contributed by atoms with Crippen LogP contribution >= 0.6 is 0 Å². The zero-order valence-corrected chi connectivity index (χ0v) is 12.7. The minimum atomic E-state index is -0.274. The molecule has 0 aliphatic rings. The van der Waals surface area contributed by atoms with Crippen molar-refractivity contribution in [3.8, 4) is 0 Å². The van der Waals surface area contributed by atoms with Crippen molar-refractivity contribution in [2.75, 3.05) is 5.32 Å². The van der Waals surface area contributed by atoms with Gasteiger partial charge in [-0.2, -0.15) is 0 Å². The number of hydrogen-bond acceptors (Lipinski definition) is 3. The highest BCUT2D eigenvalue weighted by atomic mass is 16.5. The second-order valence-corrected chi connectivity index (χ2v) is 5.10. The molecule has 0 radical (unpaired) electrons. The van der Waals surface area contributed by atoms with Gasteiger partial charge in [-0.1, -0.05) is 42.5 Å². The first-order valence-electron chi connectivity index (χ1n) is 7.15. The zero-order valence-electron chi connectivity index (χ0n) is 12.7. The van der Waals surface area contributed by atoms with Gasteiger partial charge >= 0.3 is 5.97 Å². The summed E-state index contributed by atoms with van der Waals surface area (Å²) in [6, 6.07) is 16.8. The lowest BCUT2D eigenvalue weighted by Crippen LogP contribution is -2.11. The van der Waals surface area contributed by atoms with E-state index in [0.29, 0.717) is 5.69 Å². The van der Waals surface area contributed by atoms with Crippen LogP contribution in [0.25, 0.3) is 0 Å². The highest BCUT2D eigenvalue weighted by Crippen LogP contribution is 2.17. The van der Waals surface area contributed by atoms with E-state index >= 15 is 0 Å². The molecule has 1 atom stereocenters. The minimum Gasteiger partial charge on any atom is -0.458 e. The summed E-state index contributed by atoms with van der Waals surface area (Å²) in [7, 11) is 0. The maximum absolute atomic E-state index is 12.0. The minimum absolute atomic E-state index is 0.121. The van der Waals surface area contributed by atoms with Gasteiger partial charge in [0.1, 0.15) is 6.10 Å². The van der Waals surface area contributed by atoms with E-state index in [1.807, 2.05) is 37.3 Å². The number of carbonyl (C=O) groups is 2. The van der Waals surface area contributed by atoms with Gasteiger partial charge in [0.15, 0.2) is 0 Å². The monoisotopic (exact) mass is 297 g/mol. The molecule has 0 heterocycles. The third-order valence-electron chi connectivity index (χ3n) is 3.20. The Morgan fingerprint density at radius 2 is 1.68 bits per heavy atom. The Balaban J connectivity index is 1.90. The van der Waals surface area contributed by atoms with Crippen molar-refractivity contribution in [1.82, 2.24) is 0 Å². The number of hydrogen-bond donors (Lipinski definition) is 1. The Morgan fingerprint density at radius 1 is 1.05 bits per heavy atom. The molecule has 1 N–H and O–H groups in total. The van der Waals surface area contributed by atoms with Crippen molar-refractivity contribution in [1.29, 1.82) is 0 Å². The largest absolute Gasteiger partial charge is 0.458 e. The van der Waals surface area contributed by atoms with Gasteiger partial charge in [-0.15, -0.1) is 0 Å². The average Bonchev–Trinajstić information content (AvgIpc) is 2.49. The molecule has 1 amide bonds. The van der Waals surface area contributed by atoms with Crippen molar-refractivity contribution in [3.63, 3.8) is 0 Å². The van der Waals surface area contributed by atoms with Gasteiger partial charge in [-0.05, 0) is 30.2 Å². The van der Waals surface area contributed by atoms with Crippen molar-refractivity contribution in [3.05, 3.63) is 65.7 Å². The number of anilines is 1. The SMILES string of the molecule is CC(=O)Nc1ccc(CC(=O)O[C@@H](C)c2ccccc2)cc1. The van der Waals surface area contributed by atoms with Crippen LogP contribution in [0.5, 0.6) is 0 Å². The van der Waals surface area contributed by atoms with Gasteiger partial charge in [0.05, 0.1) is 6.42 Å². The molecule has 2 aromatic rings. The van der Waals surface area contributed by atoms with Gasteiger partial charge in [0.2, 0.25) is 5.91 Å². The normalized spacial score (nSPS) is 11.5. The molecule has 0 aromatic heterocycles. The molecule has 22 heavy (non-hydrogen) atoms. The van der Waals surface area contributed by atoms with Crippen LogP contribution in [0, 0.1) is 0 Å². The van der Waals surface area contributed by atoms with E-state index in [0.717, 1.165) is 11.1 Å². The molecule has 2 aromatic carbocycles. The average molecular weight is 297 g/mol. The van der Waals surface area contributed by atoms with E-state index in [-0.39, 0.29) is 24.4 Å². The Kier molecular flexibility index (Phi) is 5.31. The van der Waals surface area contributed by atoms with Crippen molar-refractivity contribution < 1.29 is 14.3 Å². The summed E-state index contributed by atoms with van der Waals surface area (Å²) in [6.45, 7) is 3.31. The Hall–Kier alpha value is -2.62. The number of amides is 1. The molecule has 114 valence electrons. The number of carbonyl (C=O) groups excluding carboxylic acids is 2. The predicted octanol–water partition coefficient (Wildman–Crippen LogP) is 3.49. The molecule has 0 aliphatic carbocycles. The molecule has 0 saturated heterocycles. The third-order valence-corrected chi connectivity index (χ3v) is 3.20. The standard InChI is InChI=1S/C18H19NO3/c1-13(16-6-4-3-5-7-16)22-18(21)12-15-8-10-17(11-9-15)19-14(2)20/h3-11,13H,12H2,1-2H3,(H,19,20)/t13-/m0/s1. The van der Waals surface area contributed by atoms with Crippen LogP contribution < -0.4 is 5.32 Å². The predicted molar refractivity (Wildman–Crippen MR) is 85.4 cm³/mol. The van der Waals surface area contributed by atoms with Crippen molar-refractivity contribution in [2.24, 2.45) is 0 Å². The van der Waals surface area contributed by atoms with Crippen molar-refractivity contribution >= 4 is 17.6 Å². The van der Waals surface area contributed by atoms with Crippen LogP contribution in [0.15, 0.2) is 54.6 Å². The first kappa shape index (κ1) is 15.8. The summed E-state index contributed by atoms with van der Waals surface area (Å²) in [5.41, 5.74) is 2.53. The molecule has 2 rings (SSSR count). The molecule has 0 bridgehead atoms. The maximum Gasteiger partial charge on any atom is 0.310 e. The lowest BCUT2D eigenvalue weighted by molar-refractivity contribution is -0.147. The number of esters is 1. The molecule has 4 heteroatoms. The van der Waals surface area contributed by atoms with Gasteiger partial charge in [0, 0.05) is 12.6 Å². The zero-order chi connectivity index (χ0) is 15.9. The van der Waals surface area contributed by atoms with Crippen molar-refractivity contribution in [2.45, 2.75) is 26.4 Å². The Morgan fingerprint density at radius 3 is 2.27 bits per heavy atom. The molecule has 0 saturated carbocycles. The third kappa shape index (κ3) is 4.74. The topological polar surface area (TPSA) is 55.4 Å². The number of benzene rings is 2. The summed E-state index contributed by atoms with van der Waals surface area (Å²) in [5, 5.41) is 2.68. The van der Waals surface area contributed by atoms with E-state index in [4.69, 9.17) is 4.74 Å². The number of rotatable bonds is 5. The number of nitrogens with one attached hydrogen (secondary N) is 1. The number of ether oxygens (including phenoxy) is 1. The summed E-state index contributed by atoms with van der Waals surface area (Å²) in [6.07, 6.45) is -0.0651. The van der Waals surface area contributed by atoms with Crippen LogP contribution in [0.4, 0.5) is 5.69 Å². The first-order chi connectivity index (χ1) is 10.5. The van der Waals surface area contributed by atoms with E-state index in [1.165, 1.54) is 6.92 Å². The summed E-state index contributed by atoms with van der Waals surface area (Å²) < 4.78 is 5.43. The second-order valence-electron chi connectivity index (χ2n) is 5.10. The summed E-state index contributed by atoms with van der Waals surface area (Å²) >= 11 is 0. The Labute approximate surface area is 130 Å². The van der Waals surface area contributed by atoms with E-state index in [2.05, 4.69) is 5.32 Å². The Bertz CT molecular complexity index is 635. The quantitative estimate of drug-likeness (QED) is 0.859. The lowest BCUT2D eigenvalue weighted by Gasteiger charge is -2.13. The fraction of sp³-hybridized carbons (Fsp3) is 0.222. The van der Waals surface area contributed by atoms with Crippen LogP contribution in [-0.4, -0.2) is 11.9 Å². The highest BCUT2D eigenvalue weighted by Gasteiger charge is 2.12. The van der Waals surface area contributed by atoms with Gasteiger partial charge in [0.25, 0.3) is 0 Å². The van der Waals surface area contributed by atoms with Gasteiger partial charge < -0.3 is 10.1 Å². The molecular weight excluding hydrogens is 278 g/mol. The molecular formula is C18H19NO3. The van der Waals surface area contributed by atoms with Crippen LogP contribution in [-0.2, 0) is 20.7 Å². The van der Waals surface area contributed by atoms with Gasteiger partial charge in [-0.25, -0.2) is 0 Å². The fourth-order valence-electron chi connectivity index (χ4n) is 2.11. The molecule has 0 unspecified atom stereocenters. The highest BCUT2D eigenvalue weighted by molar-refractivity contribution is 5.88. The van der Waals surface area contributed by atoms with Gasteiger partial charge in [-0.3, -0.25) is 9.59 Å². The lowest BCUT2D eigenvalue weighted by atomic mass is 10.1. The fourth-order valence-corrected chi connectivity index (χ4v) is 2.11. The van der Waals surface area contributed by atoms with E-state index in [9.17, 15) is 9.59 Å². The first-order valence-corrected chi connectivity index (χ1v) is 7.15. The molecule has 0 aliphatic heterocycles.